The lowest BCUT2D eigenvalue weighted by molar-refractivity contribution is -0.274. The van der Waals surface area contributed by atoms with E-state index in [-0.39, 0.29) is 11.4 Å². The molecule has 0 aliphatic heterocycles. The third-order valence-corrected chi connectivity index (χ3v) is 3.84. The summed E-state index contributed by atoms with van der Waals surface area (Å²) >= 11 is 0. The van der Waals surface area contributed by atoms with Crippen LogP contribution in [-0.4, -0.2) is 29.3 Å². The highest BCUT2D eigenvalue weighted by molar-refractivity contribution is 5.86. The first-order valence-corrected chi connectivity index (χ1v) is 8.60. The Morgan fingerprint density at radius 1 is 1.00 bits per heavy atom. The number of hydrogen-bond acceptors (Lipinski definition) is 5. The third kappa shape index (κ3) is 5.62. The maximum absolute atomic E-state index is 13.6. The van der Waals surface area contributed by atoms with Crippen molar-refractivity contribution in [2.24, 2.45) is 0 Å². The quantitative estimate of drug-likeness (QED) is 0.515. The topological polar surface area (TPSA) is 74.6 Å². The minimum absolute atomic E-state index is 0.204. The molecule has 0 radical (unpaired) electrons. The number of benzene rings is 2. The molecule has 3 rings (SSSR count). The Labute approximate surface area is 176 Å². The zero-order valence-corrected chi connectivity index (χ0v) is 16.0. The Kier molecular flexibility index (Phi) is 6.18. The Morgan fingerprint density at radius 2 is 1.69 bits per heavy atom. The number of nitrogens with one attached hydrogen (secondary N) is 1. The number of amides is 1. The average Bonchev–Trinajstić information content (AvgIpc) is 3.11. The van der Waals surface area contributed by atoms with E-state index >= 15 is 0 Å². The van der Waals surface area contributed by atoms with E-state index in [1.165, 1.54) is 19.2 Å². The summed E-state index contributed by atoms with van der Waals surface area (Å²) in [7, 11) is 1.39. The monoisotopic (exact) mass is 461 g/mol. The van der Waals surface area contributed by atoms with Crippen LogP contribution in [0.25, 0.3) is 5.69 Å². The van der Waals surface area contributed by atoms with Gasteiger partial charge in [-0.25, -0.2) is 9.48 Å². The van der Waals surface area contributed by atoms with Crippen molar-refractivity contribution >= 4 is 11.8 Å². The predicted octanol–water partition coefficient (Wildman–Crippen LogP) is 5.41. The van der Waals surface area contributed by atoms with Crippen LogP contribution in [0, 0.1) is 0 Å². The second kappa shape index (κ2) is 8.69. The highest BCUT2D eigenvalue weighted by Gasteiger charge is 2.40. The van der Waals surface area contributed by atoms with Gasteiger partial charge in [0.05, 0.1) is 19.0 Å². The van der Waals surface area contributed by atoms with Crippen molar-refractivity contribution in [3.63, 3.8) is 0 Å². The summed E-state index contributed by atoms with van der Waals surface area (Å²) < 4.78 is 91.5. The first-order chi connectivity index (χ1) is 15.0. The van der Waals surface area contributed by atoms with Crippen molar-refractivity contribution in [2.75, 3.05) is 12.4 Å². The van der Waals surface area contributed by atoms with Crippen molar-refractivity contribution < 1.29 is 45.3 Å². The van der Waals surface area contributed by atoms with E-state index in [0.29, 0.717) is 16.6 Å². The molecule has 2 aromatic carbocycles. The molecule has 0 atom stereocenters. The number of methoxy groups -OCH3 is 1. The lowest BCUT2D eigenvalue weighted by atomic mass is 10.3. The van der Waals surface area contributed by atoms with Gasteiger partial charge in [-0.1, -0.05) is 6.07 Å². The van der Waals surface area contributed by atoms with E-state index in [2.05, 4.69) is 15.2 Å². The van der Waals surface area contributed by atoms with Crippen molar-refractivity contribution in [2.45, 2.75) is 12.5 Å². The van der Waals surface area contributed by atoms with Crippen LogP contribution < -0.4 is 19.5 Å². The molecule has 32 heavy (non-hydrogen) atoms. The summed E-state index contributed by atoms with van der Waals surface area (Å²) in [4.78, 5) is 12.1. The number of rotatable bonds is 5. The van der Waals surface area contributed by atoms with E-state index < -0.39 is 35.8 Å². The second-order valence-corrected chi connectivity index (χ2v) is 6.06. The van der Waals surface area contributed by atoms with Gasteiger partial charge in [-0.15, -0.1) is 13.2 Å². The first kappa shape index (κ1) is 22.8. The fourth-order valence-corrected chi connectivity index (χ4v) is 2.60. The van der Waals surface area contributed by atoms with Crippen LogP contribution in [0.3, 0.4) is 0 Å². The third-order valence-electron chi connectivity index (χ3n) is 3.84. The zero-order chi connectivity index (χ0) is 23.5. The van der Waals surface area contributed by atoms with Gasteiger partial charge in [-0.05, 0) is 36.4 Å². The van der Waals surface area contributed by atoms with E-state index in [0.717, 1.165) is 24.3 Å². The SMILES string of the molecule is COc1cccc(NC(=O)Oc2cnn(-c3ccc(OC(F)(F)F)cc3)c2C(F)(F)F)c1. The number of alkyl halides is 6. The smallest absolute Gasteiger partial charge is 0.497 e. The minimum atomic E-state index is -5.01. The summed E-state index contributed by atoms with van der Waals surface area (Å²) in [5, 5.41) is 5.81. The summed E-state index contributed by atoms with van der Waals surface area (Å²) in [5.74, 6) is -1.14. The summed E-state index contributed by atoms with van der Waals surface area (Å²) in [6, 6.07) is 9.52. The van der Waals surface area contributed by atoms with Gasteiger partial charge in [-0.3, -0.25) is 5.32 Å². The van der Waals surface area contributed by atoms with Gasteiger partial charge < -0.3 is 14.2 Å². The molecule has 0 saturated carbocycles. The number of aromatic nitrogens is 2. The van der Waals surface area contributed by atoms with Crippen molar-refractivity contribution in [1.29, 1.82) is 0 Å². The normalized spacial score (nSPS) is 11.7. The average molecular weight is 461 g/mol. The van der Waals surface area contributed by atoms with E-state index in [4.69, 9.17) is 9.47 Å². The Morgan fingerprint density at radius 3 is 2.28 bits per heavy atom. The molecule has 13 heteroatoms. The molecule has 0 bridgehead atoms. The molecule has 0 unspecified atom stereocenters. The summed E-state index contributed by atoms with van der Waals surface area (Å²) in [5.41, 5.74) is -1.48. The van der Waals surface area contributed by atoms with Crippen LogP contribution in [0.5, 0.6) is 17.2 Å². The molecular weight excluding hydrogens is 448 g/mol. The van der Waals surface area contributed by atoms with Gasteiger partial charge in [0.2, 0.25) is 0 Å². The number of carbonyl (C=O) groups excluding carboxylic acids is 1. The minimum Gasteiger partial charge on any atom is -0.497 e. The maximum atomic E-state index is 13.6. The number of ether oxygens (including phenoxy) is 3. The van der Waals surface area contributed by atoms with Gasteiger partial charge in [-0.2, -0.15) is 18.3 Å². The standard InChI is InChI=1S/C19H13F6N3O4/c1-30-14-4-2-3-11(9-14)27-17(29)31-15-10-26-28(16(15)18(20,21)22)12-5-7-13(8-6-12)32-19(23,24)25/h2-10H,1H3,(H,27,29). The van der Waals surface area contributed by atoms with E-state index in [9.17, 15) is 31.1 Å². The van der Waals surface area contributed by atoms with Crippen molar-refractivity contribution in [3.8, 4) is 22.9 Å². The molecule has 3 aromatic rings. The summed E-state index contributed by atoms with van der Waals surface area (Å²) in [6.45, 7) is 0. The van der Waals surface area contributed by atoms with Crippen LogP contribution in [-0.2, 0) is 6.18 Å². The lowest BCUT2D eigenvalue weighted by Gasteiger charge is -2.14. The van der Waals surface area contributed by atoms with E-state index in [1.54, 1.807) is 12.1 Å². The van der Waals surface area contributed by atoms with Crippen LogP contribution in [0.4, 0.5) is 36.8 Å². The molecular formula is C19H13F6N3O4. The molecule has 1 heterocycles. The van der Waals surface area contributed by atoms with Gasteiger partial charge in [0, 0.05) is 11.8 Å². The van der Waals surface area contributed by atoms with E-state index in [1.807, 2.05) is 0 Å². The van der Waals surface area contributed by atoms with Crippen LogP contribution in [0.1, 0.15) is 5.69 Å². The zero-order valence-electron chi connectivity index (χ0n) is 16.0. The number of carbonyl (C=O) groups is 1. The van der Waals surface area contributed by atoms with Crippen LogP contribution >= 0.6 is 0 Å². The number of anilines is 1. The second-order valence-electron chi connectivity index (χ2n) is 6.06. The number of halogens is 6. The molecule has 0 spiro atoms. The van der Waals surface area contributed by atoms with Gasteiger partial charge in [0.1, 0.15) is 11.5 Å². The predicted molar refractivity (Wildman–Crippen MR) is 97.9 cm³/mol. The first-order valence-electron chi connectivity index (χ1n) is 8.60. The maximum Gasteiger partial charge on any atom is 0.573 e. The van der Waals surface area contributed by atoms with Crippen LogP contribution in [0.2, 0.25) is 0 Å². The molecule has 170 valence electrons. The van der Waals surface area contributed by atoms with Crippen molar-refractivity contribution in [3.05, 3.63) is 60.4 Å². The Balaban J connectivity index is 1.84. The van der Waals surface area contributed by atoms with Crippen LogP contribution in [0.15, 0.2) is 54.7 Å². The number of nitrogens with zero attached hydrogens (tertiary/aromatic N) is 2. The van der Waals surface area contributed by atoms with Gasteiger partial charge in [0.15, 0.2) is 11.4 Å². The lowest BCUT2D eigenvalue weighted by Crippen LogP contribution is -2.20. The molecule has 0 aliphatic rings. The molecule has 0 fully saturated rings. The van der Waals surface area contributed by atoms with Gasteiger partial charge >= 0.3 is 18.6 Å². The largest absolute Gasteiger partial charge is 0.573 e. The molecule has 1 aromatic heterocycles. The van der Waals surface area contributed by atoms with Crippen molar-refractivity contribution in [1.82, 2.24) is 9.78 Å². The highest BCUT2D eigenvalue weighted by Crippen LogP contribution is 2.38. The van der Waals surface area contributed by atoms with Gasteiger partial charge in [0.25, 0.3) is 0 Å². The summed E-state index contributed by atoms with van der Waals surface area (Å²) in [6.07, 6.45) is -10.5. The highest BCUT2D eigenvalue weighted by atomic mass is 19.4. The Hall–Kier alpha value is -3.90. The Bertz CT molecular complexity index is 1090. The molecule has 0 aliphatic carbocycles. The molecule has 1 amide bonds. The fraction of sp³-hybridized carbons (Fsp3) is 0.158. The molecule has 0 saturated heterocycles. The fourth-order valence-electron chi connectivity index (χ4n) is 2.60. The number of hydrogen-bond donors (Lipinski definition) is 1. The molecule has 1 N–H and O–H groups in total. The molecule has 7 nitrogen and oxygen atoms in total.